The van der Waals surface area contributed by atoms with E-state index in [9.17, 15) is 18.4 Å². The monoisotopic (exact) mass is 554 g/mol. The van der Waals surface area contributed by atoms with Crippen LogP contribution in [0.4, 0.5) is 20.2 Å². The number of nitrogens with zero attached hydrogens (tertiary/aromatic N) is 1. The Balaban J connectivity index is 1.66. The van der Waals surface area contributed by atoms with Gasteiger partial charge in [-0.3, -0.25) is 14.5 Å². The van der Waals surface area contributed by atoms with Gasteiger partial charge in [0.05, 0.1) is 5.70 Å². The lowest BCUT2D eigenvalue weighted by atomic mass is 10.2. The van der Waals surface area contributed by atoms with Crippen LogP contribution in [0.25, 0.3) is 0 Å². The molecular weight excluding hydrogens is 534 g/mol. The Kier molecular flexibility index (Phi) is 9.07. The number of ether oxygens (including phenoxy) is 1. The van der Waals surface area contributed by atoms with Crippen molar-refractivity contribution in [2.24, 2.45) is 0 Å². The molecule has 2 aromatic rings. The molecule has 0 atom stereocenters. The van der Waals surface area contributed by atoms with Crippen molar-refractivity contribution in [1.82, 2.24) is 5.32 Å². The number of halogens is 3. The van der Waals surface area contributed by atoms with Crippen molar-refractivity contribution in [3.8, 4) is 5.75 Å². The molecule has 0 fully saturated rings. The molecule has 0 unspecified atom stereocenters. The lowest BCUT2D eigenvalue weighted by molar-refractivity contribution is -0.112. The average molecular weight is 555 g/mol. The van der Waals surface area contributed by atoms with E-state index in [4.69, 9.17) is 10.1 Å². The van der Waals surface area contributed by atoms with E-state index in [1.165, 1.54) is 65.7 Å². The Morgan fingerprint density at radius 1 is 1.19 bits per heavy atom. The number of amides is 2. The normalized spacial score (nSPS) is 14.6. The van der Waals surface area contributed by atoms with Crippen LogP contribution in [0.15, 0.2) is 101 Å². The molecule has 3 N–H and O–H groups in total. The molecule has 0 aliphatic carbocycles. The van der Waals surface area contributed by atoms with Crippen molar-refractivity contribution in [3.63, 3.8) is 0 Å². The molecule has 36 heavy (non-hydrogen) atoms. The first-order chi connectivity index (χ1) is 17.3. The number of carbonyl (C=O) groups excluding carboxylic acids is 2. The van der Waals surface area contributed by atoms with Crippen LogP contribution in [0.3, 0.4) is 0 Å². The minimum Gasteiger partial charge on any atom is -0.452 e. The SMILES string of the molecule is C/C(=C\C=C/N(C=O)c1ccc(F)cc1)C(=O)Nc1ccc(OC2=CC(Br)=CN/C2=C\C=N)c(F)c1. The molecule has 7 nitrogen and oxygen atoms in total. The molecule has 0 bridgehead atoms. The van der Waals surface area contributed by atoms with Gasteiger partial charge in [-0.2, -0.15) is 0 Å². The molecule has 3 rings (SSSR count). The van der Waals surface area contributed by atoms with E-state index in [1.54, 1.807) is 19.2 Å². The fourth-order valence-electron chi connectivity index (χ4n) is 2.92. The fourth-order valence-corrected chi connectivity index (χ4v) is 3.24. The van der Waals surface area contributed by atoms with Crippen LogP contribution >= 0.6 is 15.9 Å². The zero-order chi connectivity index (χ0) is 26.1. The molecule has 0 aromatic heterocycles. The highest BCUT2D eigenvalue weighted by atomic mass is 79.9. The molecule has 10 heteroatoms. The smallest absolute Gasteiger partial charge is 0.251 e. The Labute approximate surface area is 214 Å². The number of hydrogen-bond acceptors (Lipinski definition) is 5. The highest BCUT2D eigenvalue weighted by Crippen LogP contribution is 2.27. The predicted octanol–water partition coefficient (Wildman–Crippen LogP) is 5.66. The van der Waals surface area contributed by atoms with Gasteiger partial charge in [-0.05, 0) is 77.5 Å². The van der Waals surface area contributed by atoms with Gasteiger partial charge in [0.15, 0.2) is 17.3 Å². The summed E-state index contributed by atoms with van der Waals surface area (Å²) in [5.41, 5.74) is 1.45. The van der Waals surface area contributed by atoms with E-state index in [2.05, 4.69) is 26.6 Å². The number of rotatable bonds is 9. The third-order valence-corrected chi connectivity index (χ3v) is 5.21. The van der Waals surface area contributed by atoms with Crippen LogP contribution < -0.4 is 20.3 Å². The number of allylic oxidation sites excluding steroid dienone is 5. The van der Waals surface area contributed by atoms with Crippen molar-refractivity contribution in [2.45, 2.75) is 6.92 Å². The third-order valence-electron chi connectivity index (χ3n) is 4.75. The maximum atomic E-state index is 14.7. The summed E-state index contributed by atoms with van der Waals surface area (Å²) in [6.45, 7) is 1.56. The number of benzene rings is 2. The Morgan fingerprint density at radius 2 is 1.94 bits per heavy atom. The first kappa shape index (κ1) is 26.3. The summed E-state index contributed by atoms with van der Waals surface area (Å²) in [7, 11) is 0. The van der Waals surface area contributed by atoms with Gasteiger partial charge in [0.25, 0.3) is 5.91 Å². The zero-order valence-corrected chi connectivity index (χ0v) is 20.6. The van der Waals surface area contributed by atoms with E-state index in [0.29, 0.717) is 33.6 Å². The van der Waals surface area contributed by atoms with E-state index in [-0.39, 0.29) is 11.4 Å². The molecule has 0 spiro atoms. The standard InChI is InChI=1S/C26H21BrF2N4O3/c1-17(3-2-12-33(16-34)21-7-4-19(28)5-8-21)26(35)32-20-6-9-24(22(29)14-20)36-25-13-18(27)15-31-23(25)10-11-30/h2-16,30-31H,1H3,(H,32,35)/b12-2-,17-3+,23-10-,30-11?. The summed E-state index contributed by atoms with van der Waals surface area (Å²) >= 11 is 3.31. The van der Waals surface area contributed by atoms with Gasteiger partial charge >= 0.3 is 0 Å². The molecule has 2 amide bonds. The quantitative estimate of drug-likeness (QED) is 0.161. The highest BCUT2D eigenvalue weighted by molar-refractivity contribution is 9.11. The van der Waals surface area contributed by atoms with Gasteiger partial charge in [-0.1, -0.05) is 6.08 Å². The summed E-state index contributed by atoms with van der Waals surface area (Å²) < 4.78 is 34.1. The van der Waals surface area contributed by atoms with E-state index >= 15 is 0 Å². The summed E-state index contributed by atoms with van der Waals surface area (Å²) in [6, 6.07) is 9.35. The van der Waals surface area contributed by atoms with Gasteiger partial charge in [-0.15, -0.1) is 0 Å². The molecule has 0 saturated carbocycles. The van der Waals surface area contributed by atoms with Crippen LogP contribution in [0.5, 0.6) is 5.75 Å². The summed E-state index contributed by atoms with van der Waals surface area (Å²) in [6.07, 6.45) is 10.8. The second-order valence-corrected chi connectivity index (χ2v) is 8.23. The number of hydrogen-bond donors (Lipinski definition) is 3. The molecule has 1 aliphatic rings. The molecule has 2 aromatic carbocycles. The fraction of sp³-hybridized carbons (Fsp3) is 0.0385. The third kappa shape index (κ3) is 7.09. The minimum absolute atomic E-state index is 0.0657. The van der Waals surface area contributed by atoms with Crippen LogP contribution in [-0.4, -0.2) is 18.5 Å². The molecular formula is C26H21BrF2N4O3. The van der Waals surface area contributed by atoms with Crippen molar-refractivity contribution in [3.05, 3.63) is 112 Å². The van der Waals surface area contributed by atoms with Gasteiger partial charge < -0.3 is 20.8 Å². The van der Waals surface area contributed by atoms with Gasteiger partial charge in [-0.25, -0.2) is 8.78 Å². The highest BCUT2D eigenvalue weighted by Gasteiger charge is 2.15. The average Bonchev–Trinajstić information content (AvgIpc) is 2.86. The van der Waals surface area contributed by atoms with Crippen LogP contribution in [-0.2, 0) is 9.59 Å². The molecule has 184 valence electrons. The van der Waals surface area contributed by atoms with Gasteiger partial charge in [0.1, 0.15) is 5.82 Å². The number of nitrogens with one attached hydrogen (secondary N) is 3. The number of anilines is 2. The Hall–Kier alpha value is -4.31. The van der Waals surface area contributed by atoms with Crippen molar-refractivity contribution in [2.75, 3.05) is 10.2 Å². The largest absolute Gasteiger partial charge is 0.452 e. The molecule has 0 saturated heterocycles. The Bertz CT molecular complexity index is 1310. The van der Waals surface area contributed by atoms with E-state index in [0.717, 1.165) is 12.3 Å². The first-order valence-electron chi connectivity index (χ1n) is 10.5. The second-order valence-electron chi connectivity index (χ2n) is 7.31. The maximum absolute atomic E-state index is 14.7. The van der Waals surface area contributed by atoms with E-state index < -0.39 is 17.5 Å². The summed E-state index contributed by atoms with van der Waals surface area (Å²) in [5, 5.41) is 12.8. The topological polar surface area (TPSA) is 94.5 Å². The lowest BCUT2D eigenvalue weighted by Crippen LogP contribution is -2.16. The maximum Gasteiger partial charge on any atom is 0.251 e. The van der Waals surface area contributed by atoms with Crippen molar-refractivity contribution in [1.29, 1.82) is 5.41 Å². The second kappa shape index (κ2) is 12.4. The van der Waals surface area contributed by atoms with E-state index in [1.807, 2.05) is 0 Å². The summed E-state index contributed by atoms with van der Waals surface area (Å²) in [5.74, 6) is -1.36. The minimum atomic E-state index is -0.698. The first-order valence-corrected chi connectivity index (χ1v) is 11.3. The number of dihydropyridines is 1. The van der Waals surface area contributed by atoms with Gasteiger partial charge in [0, 0.05) is 46.1 Å². The van der Waals surface area contributed by atoms with Crippen molar-refractivity contribution >= 4 is 45.8 Å². The van der Waals surface area contributed by atoms with Gasteiger partial charge in [0.2, 0.25) is 6.41 Å². The lowest BCUT2D eigenvalue weighted by Gasteiger charge is -2.18. The predicted molar refractivity (Wildman–Crippen MR) is 139 cm³/mol. The van der Waals surface area contributed by atoms with Crippen LogP contribution in [0.1, 0.15) is 6.92 Å². The molecule has 1 aliphatic heterocycles. The molecule has 0 radical (unpaired) electrons. The van der Waals surface area contributed by atoms with Crippen LogP contribution in [0, 0.1) is 17.0 Å². The number of carbonyl (C=O) groups is 2. The summed E-state index contributed by atoms with van der Waals surface area (Å²) in [4.78, 5) is 25.0. The van der Waals surface area contributed by atoms with Crippen LogP contribution in [0.2, 0.25) is 0 Å². The molecule has 1 heterocycles. The van der Waals surface area contributed by atoms with Crippen molar-refractivity contribution < 1.29 is 23.1 Å². The zero-order valence-electron chi connectivity index (χ0n) is 19.0. The Morgan fingerprint density at radius 3 is 2.61 bits per heavy atom.